The fourth-order valence-electron chi connectivity index (χ4n) is 15.8. The average Bonchev–Trinajstić information content (AvgIpc) is 1.73. The third-order valence-corrected chi connectivity index (χ3v) is 25.2. The Labute approximate surface area is 800 Å². The van der Waals surface area contributed by atoms with Crippen LogP contribution in [0.1, 0.15) is 96.2 Å². The topological polar surface area (TPSA) is 330 Å². The van der Waals surface area contributed by atoms with Crippen molar-refractivity contribution >= 4 is 153 Å². The van der Waals surface area contributed by atoms with Gasteiger partial charge in [-0.1, -0.05) is 152 Å². The van der Waals surface area contributed by atoms with Gasteiger partial charge in [0, 0.05) is 27.0 Å². The average molecular weight is 2080 g/mol. The van der Waals surface area contributed by atoms with Gasteiger partial charge in [-0.05, 0) is 278 Å². The van der Waals surface area contributed by atoms with Crippen molar-refractivity contribution in [1.82, 2.24) is 58.4 Å². The molecule has 0 amide bonds. The molecule has 0 radical (unpaired) electrons. The number of aromatic nitrogens is 10. The number of fused-ring (bicyclic) bond motifs is 5. The lowest BCUT2D eigenvalue weighted by Gasteiger charge is -2.29. The monoisotopic (exact) mass is 2080 g/mol. The van der Waals surface area contributed by atoms with Crippen LogP contribution in [0.2, 0.25) is 0 Å². The number of nitrogens with zero attached hydrogens (tertiary/aromatic N) is 11. The van der Waals surface area contributed by atoms with Crippen molar-refractivity contribution < 1.29 is 50.6 Å². The molecule has 12 aromatic carbocycles. The van der Waals surface area contributed by atoms with Crippen molar-refractivity contribution in [2.24, 2.45) is 0 Å². The largest absolute Gasteiger partial charge is 0.479 e. The number of anilines is 2. The van der Waals surface area contributed by atoms with Crippen LogP contribution in [0.15, 0.2) is 305 Å². The van der Waals surface area contributed by atoms with Gasteiger partial charge in [0.1, 0.15) is 62.7 Å². The van der Waals surface area contributed by atoms with Crippen molar-refractivity contribution in [3.8, 4) is 22.3 Å². The molecule has 2 aliphatic rings. The number of halogens is 10. The Morgan fingerprint density at radius 3 is 1.33 bits per heavy atom. The number of carboxylic acid groups (broad SMARTS) is 1. The van der Waals surface area contributed by atoms with Crippen LogP contribution < -0.4 is 33.7 Å². The van der Waals surface area contributed by atoms with Gasteiger partial charge in [-0.25, -0.2) is 60.9 Å². The summed E-state index contributed by atoms with van der Waals surface area (Å²) in [5.41, 5.74) is 18.1. The molecule has 7 heterocycles. The number of ketones is 1. The van der Waals surface area contributed by atoms with Crippen molar-refractivity contribution in [2.45, 2.75) is 62.6 Å². The van der Waals surface area contributed by atoms with Crippen LogP contribution in [0.25, 0.3) is 81.7 Å². The number of hydrogen-bond acceptors (Lipinski definition) is 17. The minimum atomic E-state index is -1.31. The number of likely N-dealkylation sites (tertiary alicyclic amines) is 2. The zero-order chi connectivity index (χ0) is 96.4. The molecule has 684 valence electrons. The smallest absolute Gasteiger partial charge is 0.373 e. The van der Waals surface area contributed by atoms with Crippen molar-refractivity contribution in [3.05, 3.63) is 407 Å². The van der Waals surface area contributed by atoms with Crippen LogP contribution in [-0.4, -0.2) is 122 Å². The number of piperidine rings is 2. The number of carbonyl (C=O) groups excluding carboxylic acids is 3. The number of hydrogen-bond donors (Lipinski definition) is 5. The highest BCUT2D eigenvalue weighted by atomic mass is 79.9. The molecular formula is C101H81Br4F6N15O9. The standard InChI is InChI=1S/C34H30FN5O.C28H26FN3O3.C17H12BrFN2O2.C8H4BrFN2O.C7H4BrFN2.C6H5BrFN.CO2/c1-39-19-17-23(18-20-39)22-11-13-24(14-12-22)26-15-16-29-30(31(26)35)34(41)40(21-36-29)32(25-7-3-2-4-8-25)33-37-27-9-5-6-10-28(27)38-33;1-31-15-13-19(14-16-31)18-7-9-20(10-8-18)22-11-12-23-24(25(22)29)27(33)32(17-30-23)26(28(34)35)21-5-3-2-4-6-21;1-10(22)16(11-5-3-2-4-6-11)21-9-20-13-8-7-12(18)15(19)14(13)17(21)23;9-4-1-2-5-6(7(4)10)8(13)12-3-11-5;1-11-7-5(10)3-2-4(8)6(7)9;7-5-2-1-4(9)3-6(5)8;2-1-3/h2-16,21,23,32H,17-20H2,1H3,(H,37,38);2-12,17,19,26H,13-16H2,1H3,(H,34,35);2-9,16H,1H3;1-3H,(H,11,12,13);2-3H,10H2;1-3H,9H2;. The van der Waals surface area contributed by atoms with E-state index < -0.39 is 75.4 Å². The van der Waals surface area contributed by atoms with E-state index in [1.807, 2.05) is 97.1 Å². The number of benzene rings is 12. The number of Topliss-reactive ketones (excluding diaryl/α,β-unsaturated/α-hetero) is 1. The number of H-pyrrole nitrogens is 2. The molecule has 19 rings (SSSR count). The number of imidazole rings is 1. The van der Waals surface area contributed by atoms with Gasteiger partial charge in [0.05, 0.1) is 78.4 Å². The van der Waals surface area contributed by atoms with Crippen LogP contribution in [0.4, 0.5) is 43.4 Å². The molecule has 0 bridgehead atoms. The third kappa shape index (κ3) is 22.8. The molecule has 0 aliphatic carbocycles. The predicted molar refractivity (Wildman–Crippen MR) is 521 cm³/mol. The van der Waals surface area contributed by atoms with E-state index >= 15 is 8.78 Å². The van der Waals surface area contributed by atoms with Crippen LogP contribution in [-0.2, 0) is 19.2 Å². The number of aromatic amines is 2. The summed E-state index contributed by atoms with van der Waals surface area (Å²) in [7, 11) is 4.28. The van der Waals surface area contributed by atoms with E-state index in [2.05, 4.69) is 134 Å². The number of rotatable bonds is 13. The molecule has 2 saturated heterocycles. The van der Waals surface area contributed by atoms with E-state index in [9.17, 15) is 51.4 Å². The summed E-state index contributed by atoms with van der Waals surface area (Å²) in [4.78, 5) is 127. The second-order valence-corrected chi connectivity index (χ2v) is 34.8. The fraction of sp³-hybridized carbons (Fsp3) is 0.158. The first-order valence-electron chi connectivity index (χ1n) is 41.7. The van der Waals surface area contributed by atoms with E-state index in [1.165, 1.54) is 82.8 Å². The maximum atomic E-state index is 16.2. The predicted octanol–water partition coefficient (Wildman–Crippen LogP) is 20.8. The molecule has 3 atom stereocenters. The van der Waals surface area contributed by atoms with Crippen LogP contribution in [0.3, 0.4) is 0 Å². The Morgan fingerprint density at radius 2 is 0.874 bits per heavy atom. The van der Waals surface area contributed by atoms with E-state index in [-0.39, 0.29) is 80.7 Å². The maximum Gasteiger partial charge on any atom is 0.373 e. The SMILES string of the molecule is CC(=O)C(c1ccccc1)n1cnc2ccc(Br)c(F)c2c1=O.CN1CCC(c2ccc(-c3ccc4ncn(C(C(=O)O)c5ccccc5)c(=O)c4c3F)cc2)CC1.CN1CCC(c2ccc(-c3ccc4ncn(C(c5ccccc5)c5nc6ccccc6[nH]5)c(=O)c4c3F)cc2)CC1.Nc1ccc(Br)c(F)c1.O=C=O.O=c1[nH]cnc2ccc(Br)c(F)c12.[C-]#[N+]c1c(N)ccc(Br)c1F. The van der Waals surface area contributed by atoms with E-state index in [0.717, 1.165) is 78.6 Å². The summed E-state index contributed by atoms with van der Waals surface area (Å²) in [5, 5.41) is 9.45. The number of nitrogens with one attached hydrogen (secondary N) is 2. The van der Waals surface area contributed by atoms with E-state index in [4.69, 9.17) is 32.6 Å². The van der Waals surface area contributed by atoms with Crippen molar-refractivity contribution in [3.63, 3.8) is 0 Å². The van der Waals surface area contributed by atoms with Gasteiger partial charge in [0.15, 0.2) is 23.5 Å². The molecule has 34 heteroatoms. The van der Waals surface area contributed by atoms with Crippen molar-refractivity contribution in [1.29, 1.82) is 0 Å². The van der Waals surface area contributed by atoms with E-state index in [0.29, 0.717) is 61.1 Å². The highest BCUT2D eigenvalue weighted by Gasteiger charge is 2.30. The molecule has 7 N–H and O–H groups in total. The van der Waals surface area contributed by atoms with Gasteiger partial charge in [-0.3, -0.25) is 37.7 Å². The molecule has 2 aliphatic heterocycles. The molecule has 3 unspecified atom stereocenters. The second kappa shape index (κ2) is 45.0. The van der Waals surface area contributed by atoms with Gasteiger partial charge in [0.25, 0.3) is 22.2 Å². The lowest BCUT2D eigenvalue weighted by Crippen LogP contribution is -2.31. The summed E-state index contributed by atoms with van der Waals surface area (Å²) in [5.74, 6) is -3.28. The molecule has 135 heavy (non-hydrogen) atoms. The number of carboxylic acids is 1. The molecule has 24 nitrogen and oxygen atoms in total. The first kappa shape index (κ1) is 98.2. The normalized spacial score (nSPS) is 13.4. The van der Waals surface area contributed by atoms with Gasteiger partial charge < -0.3 is 36.3 Å². The fourth-order valence-corrected chi connectivity index (χ4v) is 17.1. The van der Waals surface area contributed by atoms with Gasteiger partial charge >= 0.3 is 12.1 Å². The Balaban J connectivity index is 0.000000147. The molecule has 17 aromatic rings. The molecule has 2 fully saturated rings. The van der Waals surface area contributed by atoms with Crippen molar-refractivity contribution in [2.75, 3.05) is 51.7 Å². The highest BCUT2D eigenvalue weighted by Crippen LogP contribution is 2.37. The highest BCUT2D eigenvalue weighted by molar-refractivity contribution is 9.11. The quantitative estimate of drug-likeness (QED) is 0.0407. The first-order valence-corrected chi connectivity index (χ1v) is 44.9. The third-order valence-electron chi connectivity index (χ3n) is 22.8. The van der Waals surface area contributed by atoms with E-state index in [1.54, 1.807) is 103 Å². The number of carbonyl (C=O) groups is 2. The number of para-hydroxylation sites is 2. The summed E-state index contributed by atoms with van der Waals surface area (Å²) < 4.78 is 89.8. The Bertz CT molecular complexity index is 7520. The number of aliphatic carboxylic acids is 1. The number of nitrogens with two attached hydrogens (primary N) is 2. The number of nitrogen functional groups attached to an aromatic ring is 2. The maximum absolute atomic E-state index is 16.2. The summed E-state index contributed by atoms with van der Waals surface area (Å²) in [6.45, 7) is 12.3. The Hall–Kier alpha value is -14.3. The molecule has 0 saturated carbocycles. The first-order chi connectivity index (χ1) is 65.0. The molecular weight excluding hydrogens is 2000 g/mol. The molecule has 0 spiro atoms. The zero-order valence-electron chi connectivity index (χ0n) is 72.0. The zero-order valence-corrected chi connectivity index (χ0v) is 78.4. The lowest BCUT2D eigenvalue weighted by molar-refractivity contribution is -0.191. The second-order valence-electron chi connectivity index (χ2n) is 31.4. The lowest BCUT2D eigenvalue weighted by atomic mass is 9.88. The van der Waals surface area contributed by atoms with Gasteiger partial charge in [-0.2, -0.15) is 9.59 Å². The summed E-state index contributed by atoms with van der Waals surface area (Å²) in [6.07, 6.45) is 9.89. The minimum Gasteiger partial charge on any atom is -0.479 e. The molecule has 5 aromatic heterocycles. The Kier molecular flexibility index (Phi) is 32.7. The minimum absolute atomic E-state index is 0.0168. The summed E-state index contributed by atoms with van der Waals surface area (Å²) in [6, 6.07) is 68.1. The summed E-state index contributed by atoms with van der Waals surface area (Å²) >= 11 is 12.0. The van der Waals surface area contributed by atoms with Crippen LogP contribution in [0, 0.1) is 41.5 Å². The Morgan fingerprint density at radius 1 is 0.474 bits per heavy atom. The van der Waals surface area contributed by atoms with Gasteiger partial charge in [0.2, 0.25) is 5.69 Å². The van der Waals surface area contributed by atoms with Crippen LogP contribution >= 0.6 is 63.7 Å². The van der Waals surface area contributed by atoms with Gasteiger partial charge in [-0.15, -0.1) is 0 Å². The van der Waals surface area contributed by atoms with Crippen LogP contribution in [0.5, 0.6) is 0 Å².